The molecule has 0 unspecified atom stereocenters. The summed E-state index contributed by atoms with van der Waals surface area (Å²) >= 11 is 0. The Morgan fingerprint density at radius 1 is 0.211 bits per heavy atom. The van der Waals surface area contributed by atoms with Crippen LogP contribution in [0.15, 0.2) is 0 Å². The summed E-state index contributed by atoms with van der Waals surface area (Å²) in [4.78, 5) is 25.6. The normalized spacial score (nSPS) is 12.0. The van der Waals surface area contributed by atoms with E-state index in [1.807, 2.05) is 0 Å². The minimum atomic E-state index is -5.39. The molecule has 7 nitrogen and oxygen atoms in total. The smallest absolute Gasteiger partial charge is 0.0782 e. The Morgan fingerprint density at radius 2 is 0.296 bits per heavy atom. The second kappa shape index (κ2) is 59.2. The number of hydrogen-bond acceptors (Lipinski definition) is 4. The zero-order valence-corrected chi connectivity index (χ0v) is 52.4. The third kappa shape index (κ3) is 81.5. The SMILES string of the molecule is CCCCCCCCCCCC[N+](C)(C)CCCCCCC.CCCCCCCCCCCC[N+](C)(C)CCCCCCC.CCCCCCCCCCCC[N+](C)(C)CCCCCCC.O=P([O-])([O-])[O-]. The van der Waals surface area contributed by atoms with Gasteiger partial charge in [0.25, 0.3) is 0 Å². The van der Waals surface area contributed by atoms with E-state index < -0.39 is 7.82 Å². The van der Waals surface area contributed by atoms with Crippen molar-refractivity contribution < 1.29 is 32.7 Å². The Bertz CT molecular complexity index is 902. The highest BCUT2D eigenvalue weighted by molar-refractivity contribution is 7.40. The quantitative estimate of drug-likeness (QED) is 0.0345. The maximum atomic E-state index is 8.55. The lowest BCUT2D eigenvalue weighted by Gasteiger charge is -2.36. The zero-order chi connectivity index (χ0) is 54.1. The van der Waals surface area contributed by atoms with Crippen LogP contribution in [0.2, 0.25) is 0 Å². The molecule has 0 atom stereocenters. The van der Waals surface area contributed by atoms with Gasteiger partial charge in [-0.3, -0.25) is 0 Å². The van der Waals surface area contributed by atoms with Crippen molar-refractivity contribution in [2.45, 2.75) is 330 Å². The van der Waals surface area contributed by atoms with Gasteiger partial charge in [-0.15, -0.1) is 0 Å². The second-order valence-electron chi connectivity index (χ2n) is 24.4. The van der Waals surface area contributed by atoms with Gasteiger partial charge in [-0.1, -0.05) is 253 Å². The highest BCUT2D eigenvalue weighted by Gasteiger charge is 2.15. The van der Waals surface area contributed by atoms with Crippen LogP contribution in [-0.4, -0.2) is 95.0 Å². The Labute approximate surface area is 450 Å². The standard InChI is InChI=1S/3C21H46N.H3O4P/c3*1-5-7-9-11-12-13-14-15-17-19-21-22(3,4)20-18-16-10-8-6-2;1-5(2,3)4/h3*5-21H2,1-4H3;(H3,1,2,3,4)/q3*+1;/p-3. The highest BCUT2D eigenvalue weighted by atomic mass is 31.2. The molecular formula is C63H138N3O4P. The fourth-order valence-electron chi connectivity index (χ4n) is 9.85. The lowest BCUT2D eigenvalue weighted by Crippen LogP contribution is -2.41. The number of phosphoric acid groups is 1. The first-order valence-electron chi connectivity index (χ1n) is 32.1. The molecule has 0 fully saturated rings. The topological polar surface area (TPSA) is 86.2 Å². The molecule has 434 valence electrons. The summed E-state index contributed by atoms with van der Waals surface area (Å²) in [7, 11) is 9.16. The number of nitrogens with zero attached hydrogens (tertiary/aromatic N) is 3. The Hall–Kier alpha value is -0.0100. The van der Waals surface area contributed by atoms with E-state index in [1.165, 1.54) is 342 Å². The number of rotatable bonds is 51. The summed E-state index contributed by atoms with van der Waals surface area (Å²) in [6.07, 6.45) is 64.7. The molecule has 0 bridgehead atoms. The maximum Gasteiger partial charge on any atom is 0.0782 e. The van der Waals surface area contributed by atoms with Crippen LogP contribution in [0.4, 0.5) is 0 Å². The van der Waals surface area contributed by atoms with Gasteiger partial charge in [0.1, 0.15) is 0 Å². The van der Waals surface area contributed by atoms with E-state index in [4.69, 9.17) is 19.2 Å². The van der Waals surface area contributed by atoms with Crippen molar-refractivity contribution in [1.82, 2.24) is 0 Å². The van der Waals surface area contributed by atoms with Crippen LogP contribution in [-0.2, 0) is 4.57 Å². The van der Waals surface area contributed by atoms with Gasteiger partial charge in [0.15, 0.2) is 0 Å². The minimum Gasteiger partial charge on any atom is -0.822 e. The van der Waals surface area contributed by atoms with Gasteiger partial charge in [-0.2, -0.15) is 7.82 Å². The van der Waals surface area contributed by atoms with Crippen molar-refractivity contribution in [3.8, 4) is 0 Å². The van der Waals surface area contributed by atoms with Crippen molar-refractivity contribution in [2.24, 2.45) is 0 Å². The van der Waals surface area contributed by atoms with Crippen molar-refractivity contribution in [2.75, 3.05) is 81.6 Å². The summed E-state index contributed by atoms with van der Waals surface area (Å²) < 4.78 is 12.3. The van der Waals surface area contributed by atoms with Crippen LogP contribution in [0.1, 0.15) is 330 Å². The molecule has 71 heavy (non-hydrogen) atoms. The molecule has 0 aliphatic carbocycles. The second-order valence-corrected chi connectivity index (χ2v) is 25.3. The third-order valence-corrected chi connectivity index (χ3v) is 15.0. The fourth-order valence-corrected chi connectivity index (χ4v) is 9.85. The molecule has 0 aromatic heterocycles. The highest BCUT2D eigenvalue weighted by Crippen LogP contribution is 2.16. The third-order valence-electron chi connectivity index (χ3n) is 15.0. The van der Waals surface area contributed by atoms with Crippen molar-refractivity contribution in [3.63, 3.8) is 0 Å². The summed E-state index contributed by atoms with van der Waals surface area (Å²) in [5.41, 5.74) is 0. The summed E-state index contributed by atoms with van der Waals surface area (Å²) in [5, 5.41) is 0. The zero-order valence-electron chi connectivity index (χ0n) is 51.5. The molecule has 0 saturated carbocycles. The van der Waals surface area contributed by atoms with Gasteiger partial charge in [0.2, 0.25) is 0 Å². The van der Waals surface area contributed by atoms with E-state index >= 15 is 0 Å². The molecule has 0 aromatic rings. The Morgan fingerprint density at radius 3 is 0.394 bits per heavy atom. The minimum absolute atomic E-state index is 1.24. The molecule has 0 saturated heterocycles. The van der Waals surface area contributed by atoms with Crippen molar-refractivity contribution in [3.05, 3.63) is 0 Å². The average molecular weight is 1030 g/mol. The molecule has 8 heteroatoms. The molecule has 0 amide bonds. The van der Waals surface area contributed by atoms with Crippen LogP contribution in [0.25, 0.3) is 0 Å². The van der Waals surface area contributed by atoms with E-state index in [2.05, 4.69) is 83.8 Å². The van der Waals surface area contributed by atoms with E-state index in [0.29, 0.717) is 0 Å². The van der Waals surface area contributed by atoms with Gasteiger partial charge in [-0.25, -0.2) is 0 Å². The number of unbranched alkanes of at least 4 members (excludes halogenated alkanes) is 39. The average Bonchev–Trinajstić information content (AvgIpc) is 3.30. The molecule has 0 rings (SSSR count). The number of quaternary nitrogens is 3. The van der Waals surface area contributed by atoms with Crippen molar-refractivity contribution in [1.29, 1.82) is 0 Å². The summed E-state index contributed by atoms with van der Waals surface area (Å²) in [6, 6.07) is 0. The van der Waals surface area contributed by atoms with Gasteiger partial charge < -0.3 is 32.7 Å². The monoisotopic (exact) mass is 1030 g/mol. The largest absolute Gasteiger partial charge is 0.822 e. The maximum absolute atomic E-state index is 8.55. The first-order chi connectivity index (χ1) is 33.9. The lowest BCUT2D eigenvalue weighted by molar-refractivity contribution is -0.890. The molecule has 0 aliphatic heterocycles. The first kappa shape index (κ1) is 77.5. The molecule has 0 N–H and O–H groups in total. The van der Waals surface area contributed by atoms with Gasteiger partial charge in [0.05, 0.1) is 81.6 Å². The van der Waals surface area contributed by atoms with Crippen LogP contribution >= 0.6 is 7.82 Å². The molecule has 0 spiro atoms. The van der Waals surface area contributed by atoms with Gasteiger partial charge in [0, 0.05) is 0 Å². The van der Waals surface area contributed by atoms with E-state index in [1.54, 1.807) is 0 Å². The van der Waals surface area contributed by atoms with Crippen molar-refractivity contribution >= 4 is 7.82 Å². The molecule has 0 heterocycles. The summed E-state index contributed by atoms with van der Waals surface area (Å²) in [6.45, 7) is 22.0. The molecule has 0 aromatic carbocycles. The fraction of sp³-hybridized carbons (Fsp3) is 1.00. The summed E-state index contributed by atoms with van der Waals surface area (Å²) in [5.74, 6) is 0. The van der Waals surface area contributed by atoms with Gasteiger partial charge in [-0.05, 0) is 77.0 Å². The first-order valence-corrected chi connectivity index (χ1v) is 33.5. The Kier molecular flexibility index (Phi) is 64.7. The molecule has 0 aliphatic rings. The van der Waals surface area contributed by atoms with Gasteiger partial charge >= 0.3 is 0 Å². The van der Waals surface area contributed by atoms with E-state index in [0.717, 1.165) is 0 Å². The lowest BCUT2D eigenvalue weighted by atomic mass is 10.1. The predicted octanol–water partition coefficient (Wildman–Crippen LogP) is 18.0. The van der Waals surface area contributed by atoms with Crippen LogP contribution in [0, 0.1) is 0 Å². The number of hydrogen-bond donors (Lipinski definition) is 0. The molecule has 0 radical (unpaired) electrons. The molecular weight excluding hydrogens is 894 g/mol. The van der Waals surface area contributed by atoms with Crippen LogP contribution < -0.4 is 14.7 Å². The van der Waals surface area contributed by atoms with Crippen LogP contribution in [0.3, 0.4) is 0 Å². The van der Waals surface area contributed by atoms with E-state index in [9.17, 15) is 0 Å². The Balaban J connectivity index is -0.000000451. The van der Waals surface area contributed by atoms with E-state index in [-0.39, 0.29) is 0 Å². The van der Waals surface area contributed by atoms with Crippen LogP contribution in [0.5, 0.6) is 0 Å². The predicted molar refractivity (Wildman–Crippen MR) is 315 cm³/mol.